The van der Waals surface area contributed by atoms with Gasteiger partial charge in [-0.3, -0.25) is 9.52 Å². The highest BCUT2D eigenvalue weighted by Crippen LogP contribution is 2.27. The third kappa shape index (κ3) is 4.80. The van der Waals surface area contributed by atoms with Crippen molar-refractivity contribution in [1.29, 1.82) is 0 Å². The van der Waals surface area contributed by atoms with E-state index in [-0.39, 0.29) is 22.9 Å². The van der Waals surface area contributed by atoms with Crippen LogP contribution < -0.4 is 9.62 Å². The summed E-state index contributed by atoms with van der Waals surface area (Å²) in [4.78, 5) is 21.7. The van der Waals surface area contributed by atoms with Crippen LogP contribution in [-0.2, 0) is 14.8 Å². The van der Waals surface area contributed by atoms with Gasteiger partial charge in [0.15, 0.2) is 5.13 Å². The molecular weight excluding hydrogens is 518 g/mol. The van der Waals surface area contributed by atoms with Gasteiger partial charge in [-0.2, -0.15) is 0 Å². The maximum absolute atomic E-state index is 13.4. The van der Waals surface area contributed by atoms with Gasteiger partial charge in [0.2, 0.25) is 5.91 Å². The van der Waals surface area contributed by atoms with Gasteiger partial charge in [0.25, 0.3) is 10.0 Å². The number of carbonyl (C=O) groups excluding carboxylic acids is 1. The van der Waals surface area contributed by atoms with E-state index in [4.69, 9.17) is 11.6 Å². The van der Waals surface area contributed by atoms with E-state index in [1.54, 1.807) is 35.8 Å². The highest BCUT2D eigenvalue weighted by atomic mass is 35.5. The molecule has 1 amide bonds. The van der Waals surface area contributed by atoms with Crippen LogP contribution in [0.3, 0.4) is 0 Å². The number of fused-ring (bicyclic) bond motifs is 1. The number of piperazine rings is 1. The Morgan fingerprint density at radius 3 is 2.64 bits per heavy atom. The summed E-state index contributed by atoms with van der Waals surface area (Å²) in [6.07, 6.45) is 3.48. The molecule has 188 valence electrons. The minimum atomic E-state index is -3.70. The number of amides is 1. The fraction of sp³-hybridized carbons (Fsp3) is 0.280. The van der Waals surface area contributed by atoms with Crippen LogP contribution in [0.2, 0.25) is 5.02 Å². The Kier molecular flexibility index (Phi) is 6.67. The highest BCUT2D eigenvalue weighted by molar-refractivity contribution is 7.93. The number of halogens is 1. The smallest absolute Gasteiger partial charge is 0.263 e. The lowest BCUT2D eigenvalue weighted by Crippen LogP contribution is -2.55. The number of hydrogen-bond acceptors (Lipinski definition) is 6. The zero-order valence-corrected chi connectivity index (χ0v) is 22.2. The highest BCUT2D eigenvalue weighted by Gasteiger charge is 2.31. The second-order valence-electron chi connectivity index (χ2n) is 8.87. The Bertz CT molecular complexity index is 1490. The first-order valence-corrected chi connectivity index (χ1v) is 14.3. The molecule has 1 fully saturated rings. The molecule has 11 heteroatoms. The first-order valence-electron chi connectivity index (χ1n) is 11.6. The van der Waals surface area contributed by atoms with E-state index < -0.39 is 10.0 Å². The van der Waals surface area contributed by atoms with E-state index >= 15 is 0 Å². The average molecular weight is 544 g/mol. The van der Waals surface area contributed by atoms with Gasteiger partial charge in [-0.25, -0.2) is 13.4 Å². The quantitative estimate of drug-likeness (QED) is 0.375. The molecule has 4 aromatic rings. The van der Waals surface area contributed by atoms with Crippen LogP contribution in [0.4, 0.5) is 10.8 Å². The van der Waals surface area contributed by atoms with Crippen LogP contribution in [0.25, 0.3) is 10.9 Å². The third-order valence-electron chi connectivity index (χ3n) is 6.54. The summed E-state index contributed by atoms with van der Waals surface area (Å²) < 4.78 is 29.7. The lowest BCUT2D eigenvalue weighted by Gasteiger charge is -2.42. The topological polar surface area (TPSA) is 87.5 Å². The van der Waals surface area contributed by atoms with Crippen molar-refractivity contribution in [2.75, 3.05) is 29.3 Å². The van der Waals surface area contributed by atoms with Crippen molar-refractivity contribution in [3.05, 3.63) is 71.3 Å². The van der Waals surface area contributed by atoms with E-state index in [1.807, 2.05) is 53.8 Å². The molecule has 8 nitrogen and oxygen atoms in total. The average Bonchev–Trinajstić information content (AvgIpc) is 3.52. The van der Waals surface area contributed by atoms with Crippen molar-refractivity contribution < 1.29 is 13.2 Å². The summed E-state index contributed by atoms with van der Waals surface area (Å²) in [5.74, 6) is 0.0642. The molecule has 1 N–H and O–H groups in total. The number of aromatic nitrogens is 2. The molecule has 36 heavy (non-hydrogen) atoms. The van der Waals surface area contributed by atoms with Crippen molar-refractivity contribution in [2.24, 2.45) is 0 Å². The van der Waals surface area contributed by atoms with Gasteiger partial charge < -0.3 is 14.4 Å². The second-order valence-corrected chi connectivity index (χ2v) is 11.9. The van der Waals surface area contributed by atoms with Crippen LogP contribution in [0.5, 0.6) is 0 Å². The van der Waals surface area contributed by atoms with Gasteiger partial charge >= 0.3 is 0 Å². The SMILES string of the molecule is C[C@H](C(=O)N1CCN(c2ccc(S(=O)(=O)Nc3nccs3)cc2)C[C@@H]1C)n1ccc2ccc(Cl)cc21. The number of sulfonamides is 1. The third-order valence-corrected chi connectivity index (χ3v) is 8.94. The van der Waals surface area contributed by atoms with E-state index in [2.05, 4.69) is 14.6 Å². The second kappa shape index (κ2) is 9.76. The fourth-order valence-corrected chi connectivity index (χ4v) is 6.58. The summed E-state index contributed by atoms with van der Waals surface area (Å²) in [5.41, 5.74) is 1.86. The standard InChI is InChI=1S/C25H26ClN5O3S2/c1-17-16-29(21-5-7-22(8-6-21)36(33,34)28-25-27-10-14-35-25)12-13-30(17)24(32)18(2)31-11-9-19-3-4-20(26)15-23(19)31/h3-11,14-15,17-18H,12-13,16H2,1-2H3,(H,27,28)/t17-,18+/m0/s1. The fourth-order valence-electron chi connectivity index (χ4n) is 4.62. The van der Waals surface area contributed by atoms with E-state index in [9.17, 15) is 13.2 Å². The minimum Gasteiger partial charge on any atom is -0.368 e. The normalized spacial score (nSPS) is 17.4. The predicted molar refractivity (Wildman–Crippen MR) is 144 cm³/mol. The van der Waals surface area contributed by atoms with Gasteiger partial charge in [-0.1, -0.05) is 17.7 Å². The summed E-state index contributed by atoms with van der Waals surface area (Å²) in [6, 6.07) is 14.1. The molecule has 2 aromatic heterocycles. The molecule has 1 aliphatic heterocycles. The van der Waals surface area contributed by atoms with Crippen molar-refractivity contribution >= 4 is 60.6 Å². The zero-order chi connectivity index (χ0) is 25.4. The number of thiazole rings is 1. The Balaban J connectivity index is 1.26. The molecule has 0 saturated carbocycles. The van der Waals surface area contributed by atoms with Gasteiger partial charge in [-0.15, -0.1) is 11.3 Å². The summed E-state index contributed by atoms with van der Waals surface area (Å²) in [7, 11) is -3.70. The number of benzene rings is 2. The molecule has 0 spiro atoms. The molecule has 2 atom stereocenters. The van der Waals surface area contributed by atoms with Crippen molar-refractivity contribution in [3.63, 3.8) is 0 Å². The van der Waals surface area contributed by atoms with Gasteiger partial charge in [0, 0.05) is 54.2 Å². The van der Waals surface area contributed by atoms with E-state index in [0.717, 1.165) is 16.6 Å². The number of rotatable bonds is 6. The maximum atomic E-state index is 13.4. The van der Waals surface area contributed by atoms with E-state index in [1.165, 1.54) is 11.3 Å². The maximum Gasteiger partial charge on any atom is 0.263 e. The Hall–Kier alpha value is -3.08. The van der Waals surface area contributed by atoms with Gasteiger partial charge in [0.05, 0.1) is 10.4 Å². The lowest BCUT2D eigenvalue weighted by molar-refractivity contribution is -0.136. The first kappa shape index (κ1) is 24.6. The largest absolute Gasteiger partial charge is 0.368 e. The molecule has 1 saturated heterocycles. The van der Waals surface area contributed by atoms with Crippen LogP contribution in [0.15, 0.2) is 71.2 Å². The Morgan fingerprint density at radius 1 is 1.17 bits per heavy atom. The number of hydrogen-bond donors (Lipinski definition) is 1. The molecule has 0 unspecified atom stereocenters. The number of anilines is 2. The number of nitrogens with zero attached hydrogens (tertiary/aromatic N) is 4. The van der Waals surface area contributed by atoms with Crippen LogP contribution in [0.1, 0.15) is 19.9 Å². The molecule has 0 aliphatic carbocycles. The van der Waals surface area contributed by atoms with Crippen molar-refractivity contribution in [3.8, 4) is 0 Å². The summed E-state index contributed by atoms with van der Waals surface area (Å²) >= 11 is 7.42. The molecule has 0 bridgehead atoms. The number of carbonyl (C=O) groups is 1. The van der Waals surface area contributed by atoms with Crippen molar-refractivity contribution in [1.82, 2.24) is 14.5 Å². The molecule has 1 aliphatic rings. The minimum absolute atomic E-state index is 0.00547. The predicted octanol–water partition coefficient (Wildman–Crippen LogP) is 4.85. The Labute approximate surface area is 219 Å². The molecule has 5 rings (SSSR count). The van der Waals surface area contributed by atoms with Crippen LogP contribution in [-0.4, -0.2) is 54.5 Å². The molecule has 0 radical (unpaired) electrons. The summed E-state index contributed by atoms with van der Waals surface area (Å²) in [5, 5.41) is 3.73. The number of nitrogens with one attached hydrogen (secondary N) is 1. The van der Waals surface area contributed by atoms with Gasteiger partial charge in [0.1, 0.15) is 6.04 Å². The molecule has 3 heterocycles. The van der Waals surface area contributed by atoms with Crippen molar-refractivity contribution in [2.45, 2.75) is 30.8 Å². The molecular formula is C25H26ClN5O3S2. The Morgan fingerprint density at radius 2 is 1.94 bits per heavy atom. The first-order chi connectivity index (χ1) is 17.2. The van der Waals surface area contributed by atoms with Gasteiger partial charge in [-0.05, 0) is 61.7 Å². The molecule has 2 aromatic carbocycles. The zero-order valence-electron chi connectivity index (χ0n) is 19.8. The van der Waals surface area contributed by atoms with Crippen LogP contribution in [0, 0.1) is 0 Å². The van der Waals surface area contributed by atoms with E-state index in [0.29, 0.717) is 29.8 Å². The monoisotopic (exact) mass is 543 g/mol. The van der Waals surface area contributed by atoms with Crippen LogP contribution >= 0.6 is 22.9 Å². The summed E-state index contributed by atoms with van der Waals surface area (Å²) in [6.45, 7) is 5.85. The lowest BCUT2D eigenvalue weighted by atomic mass is 10.1.